The molecule has 0 amide bonds. The highest BCUT2D eigenvalue weighted by molar-refractivity contribution is 5.95. The van der Waals surface area contributed by atoms with Crippen molar-refractivity contribution in [2.24, 2.45) is 0 Å². The van der Waals surface area contributed by atoms with Crippen LogP contribution < -0.4 is 4.74 Å². The Morgan fingerprint density at radius 1 is 1.04 bits per heavy atom. The number of hydrogen-bond donors (Lipinski definition) is 0. The summed E-state index contributed by atoms with van der Waals surface area (Å²) in [5, 5.41) is 0. The predicted molar refractivity (Wildman–Crippen MR) is 85.8 cm³/mol. The van der Waals surface area contributed by atoms with Gasteiger partial charge in [-0.2, -0.15) is 0 Å². The molecule has 0 bridgehead atoms. The summed E-state index contributed by atoms with van der Waals surface area (Å²) >= 11 is 0. The standard InChI is InChI=1S/C18H16O5/c1-5-17(20)23-16-10-8-15(9-11-16)18(21)22-13(3)7-6-12(2)14(4)19/h5-11H,1-3H2,4H3/b7-6-. The predicted octanol–water partition coefficient (Wildman–Crippen LogP) is 3.15. The summed E-state index contributed by atoms with van der Waals surface area (Å²) in [6.07, 6.45) is 3.82. The van der Waals surface area contributed by atoms with Gasteiger partial charge >= 0.3 is 11.9 Å². The number of ether oxygens (including phenoxy) is 2. The van der Waals surface area contributed by atoms with E-state index in [4.69, 9.17) is 9.47 Å². The molecule has 0 aliphatic heterocycles. The molecule has 0 fully saturated rings. The fourth-order valence-corrected chi connectivity index (χ4v) is 1.34. The highest BCUT2D eigenvalue weighted by Crippen LogP contribution is 2.14. The van der Waals surface area contributed by atoms with Crippen LogP contribution in [0.15, 0.2) is 73.6 Å². The summed E-state index contributed by atoms with van der Waals surface area (Å²) in [6, 6.07) is 5.79. The number of allylic oxidation sites excluding steroid dienone is 3. The van der Waals surface area contributed by atoms with Gasteiger partial charge in [0, 0.05) is 11.6 Å². The highest BCUT2D eigenvalue weighted by atomic mass is 16.5. The number of ketones is 1. The van der Waals surface area contributed by atoms with Gasteiger partial charge in [-0.25, -0.2) is 9.59 Å². The first-order chi connectivity index (χ1) is 10.8. The number of esters is 2. The van der Waals surface area contributed by atoms with Crippen molar-refractivity contribution < 1.29 is 23.9 Å². The van der Waals surface area contributed by atoms with Crippen molar-refractivity contribution in [2.45, 2.75) is 6.92 Å². The van der Waals surface area contributed by atoms with Gasteiger partial charge in [-0.1, -0.05) is 19.7 Å². The Morgan fingerprint density at radius 3 is 2.17 bits per heavy atom. The number of rotatable bonds is 7. The number of Topliss-reactive ketones (excluding diaryl/α,β-unsaturated/α-hetero) is 1. The van der Waals surface area contributed by atoms with Crippen molar-refractivity contribution in [2.75, 3.05) is 0 Å². The van der Waals surface area contributed by atoms with Gasteiger partial charge in [-0.05, 0) is 43.3 Å². The molecular weight excluding hydrogens is 296 g/mol. The normalized spacial score (nSPS) is 9.96. The third-order valence-electron chi connectivity index (χ3n) is 2.62. The summed E-state index contributed by atoms with van der Waals surface area (Å²) in [4.78, 5) is 33.9. The Kier molecular flexibility index (Phi) is 6.43. The second-order valence-corrected chi connectivity index (χ2v) is 4.42. The van der Waals surface area contributed by atoms with Crippen LogP contribution in [0.25, 0.3) is 0 Å². The van der Waals surface area contributed by atoms with Crippen molar-refractivity contribution in [3.05, 3.63) is 79.1 Å². The van der Waals surface area contributed by atoms with E-state index in [0.29, 0.717) is 0 Å². The lowest BCUT2D eigenvalue weighted by Crippen LogP contribution is -2.05. The van der Waals surface area contributed by atoms with E-state index in [9.17, 15) is 14.4 Å². The molecule has 1 aromatic carbocycles. The molecule has 0 radical (unpaired) electrons. The van der Waals surface area contributed by atoms with Crippen molar-refractivity contribution in [1.82, 2.24) is 0 Å². The first-order valence-electron chi connectivity index (χ1n) is 6.56. The van der Waals surface area contributed by atoms with Crippen LogP contribution in [-0.4, -0.2) is 17.7 Å². The Labute approximate surface area is 134 Å². The summed E-state index contributed by atoms with van der Waals surface area (Å²) in [5.41, 5.74) is 0.527. The minimum Gasteiger partial charge on any atom is -0.424 e. The van der Waals surface area contributed by atoms with Crippen LogP contribution in [0, 0.1) is 0 Å². The van der Waals surface area contributed by atoms with Crippen molar-refractivity contribution >= 4 is 17.7 Å². The maximum Gasteiger partial charge on any atom is 0.343 e. The SMILES string of the molecule is C=CC(=O)Oc1ccc(C(=O)OC(=C)/C=C\C(=C)C(C)=O)cc1. The second-order valence-electron chi connectivity index (χ2n) is 4.42. The molecule has 0 heterocycles. The Bertz CT molecular complexity index is 693. The number of carbonyl (C=O) groups is 3. The largest absolute Gasteiger partial charge is 0.424 e. The van der Waals surface area contributed by atoms with E-state index >= 15 is 0 Å². The average molecular weight is 312 g/mol. The maximum absolute atomic E-state index is 11.9. The smallest absolute Gasteiger partial charge is 0.343 e. The maximum atomic E-state index is 11.9. The highest BCUT2D eigenvalue weighted by Gasteiger charge is 2.09. The van der Waals surface area contributed by atoms with Gasteiger partial charge < -0.3 is 9.47 Å². The van der Waals surface area contributed by atoms with E-state index in [1.165, 1.54) is 43.3 Å². The number of hydrogen-bond acceptors (Lipinski definition) is 5. The minimum atomic E-state index is -0.630. The van der Waals surface area contributed by atoms with Crippen LogP contribution in [0.5, 0.6) is 5.75 Å². The number of benzene rings is 1. The lowest BCUT2D eigenvalue weighted by Gasteiger charge is -2.05. The van der Waals surface area contributed by atoms with Gasteiger partial charge in [0.15, 0.2) is 5.78 Å². The zero-order valence-corrected chi connectivity index (χ0v) is 12.7. The fourth-order valence-electron chi connectivity index (χ4n) is 1.34. The first kappa shape index (κ1) is 17.8. The zero-order chi connectivity index (χ0) is 17.4. The molecule has 0 atom stereocenters. The number of carbonyl (C=O) groups excluding carboxylic acids is 3. The van der Waals surface area contributed by atoms with Gasteiger partial charge in [0.2, 0.25) is 0 Å². The van der Waals surface area contributed by atoms with Crippen molar-refractivity contribution in [3.63, 3.8) is 0 Å². The van der Waals surface area contributed by atoms with E-state index in [1.807, 2.05) is 0 Å². The van der Waals surface area contributed by atoms with Gasteiger partial charge in [0.25, 0.3) is 0 Å². The Morgan fingerprint density at radius 2 is 1.65 bits per heavy atom. The van der Waals surface area contributed by atoms with Crippen LogP contribution in [0.3, 0.4) is 0 Å². The van der Waals surface area contributed by atoms with E-state index in [2.05, 4.69) is 19.7 Å². The van der Waals surface area contributed by atoms with Crippen LogP contribution in [0.2, 0.25) is 0 Å². The van der Waals surface area contributed by atoms with E-state index in [1.54, 1.807) is 0 Å². The molecule has 1 rings (SSSR count). The van der Waals surface area contributed by atoms with Crippen molar-refractivity contribution in [3.8, 4) is 5.75 Å². The van der Waals surface area contributed by atoms with E-state index in [-0.39, 0.29) is 28.4 Å². The molecule has 0 saturated heterocycles. The molecule has 0 aliphatic rings. The summed E-state index contributed by atoms with van der Waals surface area (Å²) in [5.74, 6) is -1.06. The van der Waals surface area contributed by atoms with E-state index < -0.39 is 11.9 Å². The third kappa shape index (κ3) is 5.97. The minimum absolute atomic E-state index is 0.0690. The van der Waals surface area contributed by atoms with Gasteiger partial charge in [-0.3, -0.25) is 4.79 Å². The van der Waals surface area contributed by atoms with Crippen LogP contribution in [0.1, 0.15) is 17.3 Å². The van der Waals surface area contributed by atoms with Gasteiger partial charge in [0.1, 0.15) is 11.5 Å². The summed E-state index contributed by atoms with van der Waals surface area (Å²) < 4.78 is 9.90. The Balaban J connectivity index is 2.66. The summed E-state index contributed by atoms with van der Waals surface area (Å²) in [7, 11) is 0. The fraction of sp³-hybridized carbons (Fsp3) is 0.0556. The average Bonchev–Trinajstić information content (AvgIpc) is 2.52. The zero-order valence-electron chi connectivity index (χ0n) is 12.7. The van der Waals surface area contributed by atoms with Crippen molar-refractivity contribution in [1.29, 1.82) is 0 Å². The lowest BCUT2D eigenvalue weighted by atomic mass is 10.2. The molecule has 0 saturated carbocycles. The molecule has 0 aromatic heterocycles. The molecule has 23 heavy (non-hydrogen) atoms. The first-order valence-corrected chi connectivity index (χ1v) is 6.56. The van der Waals surface area contributed by atoms with Crippen LogP contribution >= 0.6 is 0 Å². The molecule has 5 nitrogen and oxygen atoms in total. The van der Waals surface area contributed by atoms with Crippen LogP contribution in [0.4, 0.5) is 0 Å². The molecular formula is C18H16O5. The quantitative estimate of drug-likeness (QED) is 0.254. The second kappa shape index (κ2) is 8.29. The molecule has 118 valence electrons. The molecule has 1 aromatic rings. The molecule has 0 spiro atoms. The molecule has 0 aliphatic carbocycles. The van der Waals surface area contributed by atoms with Gasteiger partial charge in [0.05, 0.1) is 5.56 Å². The van der Waals surface area contributed by atoms with E-state index in [0.717, 1.165) is 6.08 Å². The topological polar surface area (TPSA) is 69.7 Å². The molecule has 5 heteroatoms. The summed E-state index contributed by atoms with van der Waals surface area (Å²) in [6.45, 7) is 11.8. The van der Waals surface area contributed by atoms with Gasteiger partial charge in [-0.15, -0.1) is 0 Å². The van der Waals surface area contributed by atoms with Crippen LogP contribution in [-0.2, 0) is 14.3 Å². The lowest BCUT2D eigenvalue weighted by molar-refractivity contribution is -0.129. The monoisotopic (exact) mass is 312 g/mol. The molecule has 0 N–H and O–H groups in total. The Hall–Kier alpha value is -3.21. The molecule has 0 unspecified atom stereocenters. The third-order valence-corrected chi connectivity index (χ3v) is 2.62.